The molecule has 10 nitrogen and oxygen atoms in total. The Balaban J connectivity index is 1.46. The second kappa shape index (κ2) is 18.3. The standard InChI is InChI=1S/C48H61N3O7S2/c1-8-10-12-28-58-38-19-14-18-37(31-38)45-35(21-24-43-47(4,5)41-32-39(60(55,56)57)33-50(26-11-9-2)46(41)49-43)16-13-17-36(45)22-25-44-48(6,7)40-30-34(3)20-23-42(40)51(44)27-15-29-59(52,53)54/h14,18-25,30-33H,8-13,15-17,26-29H2,1-7H3,(H-,52,53,54,55,56,57)/p+1. The fourth-order valence-corrected chi connectivity index (χ4v) is 9.70. The molecule has 3 heterocycles. The van der Waals surface area contributed by atoms with Gasteiger partial charge in [0.05, 0.1) is 29.9 Å². The van der Waals surface area contributed by atoms with Gasteiger partial charge in [-0.25, -0.2) is 4.57 Å². The third kappa shape index (κ3) is 10.0. The maximum Gasteiger partial charge on any atom is 0.327 e. The van der Waals surface area contributed by atoms with Crippen LogP contribution in [0, 0.1) is 6.92 Å². The lowest BCUT2D eigenvalue weighted by Gasteiger charge is -2.27. The molecule has 0 saturated heterocycles. The minimum absolute atomic E-state index is 0.135. The van der Waals surface area contributed by atoms with Crippen LogP contribution in [0.5, 0.6) is 5.75 Å². The van der Waals surface area contributed by atoms with Gasteiger partial charge in [-0.1, -0.05) is 88.9 Å². The normalized spacial score (nSPS) is 18.8. The Hall–Kier alpha value is -4.36. The molecule has 6 rings (SSSR count). The van der Waals surface area contributed by atoms with Gasteiger partial charge in [0.25, 0.3) is 20.2 Å². The van der Waals surface area contributed by atoms with Crippen LogP contribution in [0.25, 0.3) is 5.57 Å². The molecule has 1 aromatic heterocycles. The minimum Gasteiger partial charge on any atom is -0.494 e. The molecule has 2 aliphatic heterocycles. The number of benzene rings is 2. The van der Waals surface area contributed by atoms with E-state index < -0.39 is 25.7 Å². The van der Waals surface area contributed by atoms with Gasteiger partial charge in [-0.15, -0.1) is 0 Å². The summed E-state index contributed by atoms with van der Waals surface area (Å²) in [5.41, 5.74) is 9.47. The Morgan fingerprint density at radius 2 is 1.63 bits per heavy atom. The van der Waals surface area contributed by atoms with Crippen molar-refractivity contribution in [2.75, 3.05) is 23.8 Å². The first-order valence-corrected chi connectivity index (χ1v) is 24.4. The number of fused-ring (bicyclic) bond motifs is 2. The first kappa shape index (κ1) is 45.2. The van der Waals surface area contributed by atoms with Crippen molar-refractivity contribution in [3.05, 3.63) is 118 Å². The number of ether oxygens (including phenoxy) is 1. The molecule has 0 amide bonds. The topological polar surface area (TPSA) is 137 Å². The number of anilines is 1. The van der Waals surface area contributed by atoms with Crippen LogP contribution in [0.2, 0.25) is 0 Å². The number of pyridine rings is 1. The second-order valence-corrected chi connectivity index (χ2v) is 20.4. The van der Waals surface area contributed by atoms with E-state index >= 15 is 0 Å². The predicted octanol–water partition coefficient (Wildman–Crippen LogP) is 10.3. The number of hydrogen-bond donors (Lipinski definition) is 2. The van der Waals surface area contributed by atoms with E-state index in [4.69, 9.17) is 9.73 Å². The van der Waals surface area contributed by atoms with Gasteiger partial charge in [0.2, 0.25) is 0 Å². The largest absolute Gasteiger partial charge is 0.494 e. The summed E-state index contributed by atoms with van der Waals surface area (Å²) in [5.74, 6) is 1.21. The number of aliphatic imine (C=N–C) groups is 1. The molecule has 0 unspecified atom stereocenters. The highest BCUT2D eigenvalue weighted by atomic mass is 32.2. The highest BCUT2D eigenvalue weighted by Gasteiger charge is 2.44. The van der Waals surface area contributed by atoms with Crippen molar-refractivity contribution >= 4 is 43.0 Å². The molecule has 0 spiro atoms. The average molecular weight is 857 g/mol. The van der Waals surface area contributed by atoms with Crippen LogP contribution in [-0.4, -0.2) is 50.6 Å². The number of aromatic nitrogens is 1. The van der Waals surface area contributed by atoms with Gasteiger partial charge in [-0.2, -0.15) is 16.8 Å². The van der Waals surface area contributed by atoms with E-state index in [0.717, 1.165) is 102 Å². The zero-order valence-electron chi connectivity index (χ0n) is 36.3. The molecule has 1 aliphatic carbocycles. The van der Waals surface area contributed by atoms with Gasteiger partial charge < -0.3 is 9.64 Å². The second-order valence-electron chi connectivity index (χ2n) is 17.4. The molecule has 12 heteroatoms. The van der Waals surface area contributed by atoms with E-state index in [1.165, 1.54) is 17.3 Å². The molecule has 322 valence electrons. The molecule has 0 atom stereocenters. The molecule has 3 aromatic rings. The molecular formula is C48H62N3O7S2+. The van der Waals surface area contributed by atoms with Crippen molar-refractivity contribution < 1.29 is 35.2 Å². The monoisotopic (exact) mass is 856 g/mol. The smallest absolute Gasteiger partial charge is 0.327 e. The van der Waals surface area contributed by atoms with Crippen LogP contribution in [0.15, 0.2) is 106 Å². The summed E-state index contributed by atoms with van der Waals surface area (Å²) >= 11 is 0. The van der Waals surface area contributed by atoms with E-state index in [1.54, 1.807) is 6.07 Å². The molecule has 0 bridgehead atoms. The first-order chi connectivity index (χ1) is 28.3. The lowest BCUT2D eigenvalue weighted by Crippen LogP contribution is -2.36. The highest BCUT2D eigenvalue weighted by molar-refractivity contribution is 7.86. The number of aryl methyl sites for hydroxylation is 2. The van der Waals surface area contributed by atoms with Crippen LogP contribution in [0.3, 0.4) is 0 Å². The van der Waals surface area contributed by atoms with Gasteiger partial charge >= 0.3 is 5.82 Å². The zero-order valence-corrected chi connectivity index (χ0v) is 37.9. The van der Waals surface area contributed by atoms with E-state index in [0.29, 0.717) is 25.5 Å². The third-order valence-corrected chi connectivity index (χ3v) is 13.7. The summed E-state index contributed by atoms with van der Waals surface area (Å²) in [5, 5.41) is 0. The summed E-state index contributed by atoms with van der Waals surface area (Å²) in [6.07, 6.45) is 18.0. The zero-order chi connectivity index (χ0) is 43.5. The number of rotatable bonds is 17. The van der Waals surface area contributed by atoms with Gasteiger partial charge in [-0.05, 0) is 129 Å². The Bertz CT molecular complexity index is 2490. The van der Waals surface area contributed by atoms with Gasteiger partial charge in [0.1, 0.15) is 16.8 Å². The molecule has 2 aromatic carbocycles. The quantitative estimate of drug-likeness (QED) is 0.0778. The fraction of sp³-hybridized carbons (Fsp3) is 0.458. The van der Waals surface area contributed by atoms with E-state index in [2.05, 4.69) is 94.2 Å². The maximum absolute atomic E-state index is 12.4. The van der Waals surface area contributed by atoms with Crippen LogP contribution in [0.1, 0.15) is 122 Å². The fourth-order valence-electron chi connectivity index (χ4n) is 8.68. The summed E-state index contributed by atoms with van der Waals surface area (Å²) in [6, 6.07) is 16.3. The van der Waals surface area contributed by atoms with Crippen LogP contribution in [0.4, 0.5) is 11.5 Å². The van der Waals surface area contributed by atoms with Crippen LogP contribution in [-0.2, 0) is 37.6 Å². The van der Waals surface area contributed by atoms with Crippen molar-refractivity contribution in [3.63, 3.8) is 0 Å². The first-order valence-electron chi connectivity index (χ1n) is 21.4. The van der Waals surface area contributed by atoms with Crippen molar-refractivity contribution in [3.8, 4) is 5.75 Å². The average Bonchev–Trinajstić information content (AvgIpc) is 3.56. The molecule has 2 N–H and O–H groups in total. The van der Waals surface area contributed by atoms with E-state index in [1.807, 2.05) is 30.5 Å². The lowest BCUT2D eigenvalue weighted by molar-refractivity contribution is -0.686. The van der Waals surface area contributed by atoms with Crippen LogP contribution >= 0.6 is 0 Å². The Morgan fingerprint density at radius 1 is 0.867 bits per heavy atom. The summed E-state index contributed by atoms with van der Waals surface area (Å²) in [7, 11) is -8.54. The molecule has 60 heavy (non-hydrogen) atoms. The van der Waals surface area contributed by atoms with Crippen molar-refractivity contribution in [1.82, 2.24) is 0 Å². The highest BCUT2D eigenvalue weighted by Crippen LogP contribution is 2.49. The molecule has 3 aliphatic rings. The Kier molecular flexibility index (Phi) is 13.8. The third-order valence-electron chi connectivity index (χ3n) is 12.1. The van der Waals surface area contributed by atoms with E-state index in [9.17, 15) is 25.9 Å². The minimum atomic E-state index is -4.43. The summed E-state index contributed by atoms with van der Waals surface area (Å²) < 4.78 is 76.0. The molecule has 0 saturated carbocycles. The van der Waals surface area contributed by atoms with Gasteiger partial charge in [0.15, 0.2) is 5.71 Å². The Labute approximate surface area is 358 Å². The summed E-state index contributed by atoms with van der Waals surface area (Å²) in [4.78, 5) is 7.18. The van der Waals surface area contributed by atoms with Crippen molar-refractivity contribution in [1.29, 1.82) is 0 Å². The van der Waals surface area contributed by atoms with E-state index in [-0.39, 0.29) is 22.5 Å². The van der Waals surface area contributed by atoms with Crippen molar-refractivity contribution in [2.45, 2.75) is 129 Å². The van der Waals surface area contributed by atoms with Gasteiger partial charge in [-0.3, -0.25) is 9.11 Å². The Morgan fingerprint density at radius 3 is 2.35 bits per heavy atom. The summed E-state index contributed by atoms with van der Waals surface area (Å²) in [6.45, 7) is 16.5. The number of unbranched alkanes of at least 4 members (excludes halogenated alkanes) is 3. The maximum atomic E-state index is 12.4. The van der Waals surface area contributed by atoms with Crippen molar-refractivity contribution in [2.24, 2.45) is 4.99 Å². The SMILES string of the molecule is CCCCCOc1cccc(C2=C(/C=C/C3=Nc4c(cc(S(=O)(=O)O)c[n+]4CCCC)C3(C)C)CCC/C2=C\C=C2\N(CCCS(=O)(=O)O)c3ccc(C)cc3C2(C)C)c1. The molecular weight excluding hydrogens is 795 g/mol. The molecule has 0 radical (unpaired) electrons. The predicted molar refractivity (Wildman–Crippen MR) is 242 cm³/mol. The lowest BCUT2D eigenvalue weighted by atomic mass is 9.80. The van der Waals surface area contributed by atoms with Crippen LogP contribution < -0.4 is 14.2 Å². The van der Waals surface area contributed by atoms with Gasteiger partial charge in [0, 0.05) is 23.3 Å². The number of nitrogens with zero attached hydrogens (tertiary/aromatic N) is 3. The number of allylic oxidation sites excluding steroid dienone is 8. The molecule has 0 fully saturated rings. The number of hydrogen-bond acceptors (Lipinski definition) is 7.